The molecule has 0 bridgehead atoms. The molecule has 1 amide bonds. The predicted octanol–water partition coefficient (Wildman–Crippen LogP) is 4.29. The molecule has 5 nitrogen and oxygen atoms in total. The lowest BCUT2D eigenvalue weighted by Gasteiger charge is -2.35. The number of ether oxygens (including phenoxy) is 2. The summed E-state index contributed by atoms with van der Waals surface area (Å²) in [6.07, 6.45) is -0.0619. The zero-order valence-electron chi connectivity index (χ0n) is 15.8. The third-order valence-corrected chi connectivity index (χ3v) is 4.41. The van der Waals surface area contributed by atoms with E-state index in [1.165, 1.54) is 5.56 Å². The van der Waals surface area contributed by atoms with Crippen molar-refractivity contribution < 1.29 is 14.3 Å². The third kappa shape index (κ3) is 6.51. The van der Waals surface area contributed by atoms with Crippen LogP contribution in [0.1, 0.15) is 40.2 Å². The van der Waals surface area contributed by atoms with Gasteiger partial charge in [0.05, 0.1) is 10.6 Å². The number of carbonyl (C=O) groups excluding carboxylic acids is 1. The molecule has 0 spiro atoms. The molecule has 1 aromatic rings. The molecule has 0 radical (unpaired) electrons. The summed E-state index contributed by atoms with van der Waals surface area (Å²) in [6, 6.07) is 6.22. The minimum absolute atomic E-state index is 0.156. The number of hydrogen-bond acceptors (Lipinski definition) is 4. The second-order valence-electron chi connectivity index (χ2n) is 7.67. The summed E-state index contributed by atoms with van der Waals surface area (Å²) in [4.78, 5) is 16.3. The highest BCUT2D eigenvalue weighted by atomic mass is 79.9. The topological polar surface area (TPSA) is 42.0 Å². The zero-order valence-corrected chi connectivity index (χ0v) is 17.4. The molecule has 140 valence electrons. The Kier molecular flexibility index (Phi) is 6.74. The number of halogens is 1. The van der Waals surface area contributed by atoms with E-state index >= 15 is 0 Å². The standard InChI is InChI=1S/C19H29BrN2O3/c1-14(2)24-17-7-6-15(12-16(17)20)13-21-8-10-22(11-9-21)18(23)25-19(3,4)5/h6-7,12,14H,8-11,13H2,1-5H3. The van der Waals surface area contributed by atoms with E-state index in [4.69, 9.17) is 9.47 Å². The highest BCUT2D eigenvalue weighted by Gasteiger charge is 2.25. The van der Waals surface area contributed by atoms with Crippen LogP contribution >= 0.6 is 15.9 Å². The van der Waals surface area contributed by atoms with E-state index in [0.717, 1.165) is 29.9 Å². The van der Waals surface area contributed by atoms with Gasteiger partial charge in [0.15, 0.2) is 0 Å². The lowest BCUT2D eigenvalue weighted by atomic mass is 10.2. The summed E-state index contributed by atoms with van der Waals surface area (Å²) in [5.74, 6) is 0.869. The molecule has 1 aromatic carbocycles. The van der Waals surface area contributed by atoms with Crippen LogP contribution in [-0.4, -0.2) is 53.8 Å². The summed E-state index contributed by atoms with van der Waals surface area (Å²) in [5, 5.41) is 0. The van der Waals surface area contributed by atoms with Crippen molar-refractivity contribution in [3.63, 3.8) is 0 Å². The molecule has 0 N–H and O–H groups in total. The van der Waals surface area contributed by atoms with Gasteiger partial charge in [-0.15, -0.1) is 0 Å². The summed E-state index contributed by atoms with van der Waals surface area (Å²) in [7, 11) is 0. The maximum atomic E-state index is 12.1. The Morgan fingerprint density at radius 2 is 1.84 bits per heavy atom. The molecule has 1 aliphatic heterocycles. The Morgan fingerprint density at radius 3 is 2.36 bits per heavy atom. The maximum absolute atomic E-state index is 12.1. The van der Waals surface area contributed by atoms with Gasteiger partial charge in [0.25, 0.3) is 0 Å². The number of benzene rings is 1. The molecule has 1 fully saturated rings. The van der Waals surface area contributed by atoms with Crippen LogP contribution in [0.3, 0.4) is 0 Å². The van der Waals surface area contributed by atoms with Gasteiger partial charge in [-0.05, 0) is 68.2 Å². The summed E-state index contributed by atoms with van der Waals surface area (Å²) in [5.41, 5.74) is 0.786. The van der Waals surface area contributed by atoms with Crippen molar-refractivity contribution in [2.24, 2.45) is 0 Å². The molecule has 2 rings (SSSR count). The van der Waals surface area contributed by atoms with Gasteiger partial charge in [0.2, 0.25) is 0 Å². The number of carbonyl (C=O) groups is 1. The second-order valence-corrected chi connectivity index (χ2v) is 8.53. The minimum Gasteiger partial charge on any atom is -0.490 e. The third-order valence-electron chi connectivity index (χ3n) is 3.79. The minimum atomic E-state index is -0.444. The van der Waals surface area contributed by atoms with Crippen LogP contribution < -0.4 is 4.74 Å². The SMILES string of the molecule is CC(C)Oc1ccc(CN2CCN(C(=O)OC(C)(C)C)CC2)cc1Br. The fourth-order valence-electron chi connectivity index (χ4n) is 2.67. The fourth-order valence-corrected chi connectivity index (χ4v) is 3.19. The van der Waals surface area contributed by atoms with Gasteiger partial charge < -0.3 is 14.4 Å². The number of amides is 1. The second kappa shape index (κ2) is 8.41. The average molecular weight is 413 g/mol. The quantitative estimate of drug-likeness (QED) is 0.739. The molecule has 1 aliphatic rings. The van der Waals surface area contributed by atoms with E-state index in [-0.39, 0.29) is 12.2 Å². The molecule has 25 heavy (non-hydrogen) atoms. The first-order valence-electron chi connectivity index (χ1n) is 8.79. The number of piperazine rings is 1. The summed E-state index contributed by atoms with van der Waals surface area (Å²) < 4.78 is 12.2. The van der Waals surface area contributed by atoms with Crippen LogP contribution in [0, 0.1) is 0 Å². The van der Waals surface area contributed by atoms with Crippen molar-refractivity contribution in [1.29, 1.82) is 0 Å². The monoisotopic (exact) mass is 412 g/mol. The molecule has 0 atom stereocenters. The highest BCUT2D eigenvalue weighted by molar-refractivity contribution is 9.10. The van der Waals surface area contributed by atoms with Crippen LogP contribution in [0.2, 0.25) is 0 Å². The molecule has 1 heterocycles. The first-order valence-corrected chi connectivity index (χ1v) is 9.59. The molecular weight excluding hydrogens is 384 g/mol. The Labute approximate surface area is 159 Å². The average Bonchev–Trinajstić information content (AvgIpc) is 2.48. The normalized spacial score (nSPS) is 16.2. The van der Waals surface area contributed by atoms with E-state index in [0.29, 0.717) is 13.1 Å². The Morgan fingerprint density at radius 1 is 1.20 bits per heavy atom. The molecular formula is C19H29BrN2O3. The first kappa shape index (κ1) is 20.0. The van der Waals surface area contributed by atoms with Gasteiger partial charge in [0, 0.05) is 32.7 Å². The molecule has 0 aliphatic carbocycles. The molecule has 0 aromatic heterocycles. The van der Waals surface area contributed by atoms with Gasteiger partial charge in [-0.2, -0.15) is 0 Å². The van der Waals surface area contributed by atoms with Gasteiger partial charge >= 0.3 is 6.09 Å². The first-order chi connectivity index (χ1) is 11.6. The zero-order chi connectivity index (χ0) is 18.6. The van der Waals surface area contributed by atoms with Crippen molar-refractivity contribution in [2.75, 3.05) is 26.2 Å². The molecule has 1 saturated heterocycles. The number of rotatable bonds is 4. The van der Waals surface area contributed by atoms with Crippen molar-refractivity contribution in [3.05, 3.63) is 28.2 Å². The van der Waals surface area contributed by atoms with Crippen LogP contribution in [0.5, 0.6) is 5.75 Å². The van der Waals surface area contributed by atoms with Crippen molar-refractivity contribution in [1.82, 2.24) is 9.80 Å². The lowest BCUT2D eigenvalue weighted by Crippen LogP contribution is -2.49. The maximum Gasteiger partial charge on any atom is 0.410 e. The smallest absolute Gasteiger partial charge is 0.410 e. The predicted molar refractivity (Wildman–Crippen MR) is 103 cm³/mol. The van der Waals surface area contributed by atoms with Crippen LogP contribution in [0.15, 0.2) is 22.7 Å². The highest BCUT2D eigenvalue weighted by Crippen LogP contribution is 2.27. The molecule has 6 heteroatoms. The van der Waals surface area contributed by atoms with Gasteiger partial charge in [-0.25, -0.2) is 4.79 Å². The van der Waals surface area contributed by atoms with Crippen LogP contribution in [0.4, 0.5) is 4.79 Å². The summed E-state index contributed by atoms with van der Waals surface area (Å²) >= 11 is 3.58. The fraction of sp³-hybridized carbons (Fsp3) is 0.632. The van der Waals surface area contributed by atoms with Gasteiger partial charge in [0.1, 0.15) is 11.4 Å². The van der Waals surface area contributed by atoms with E-state index < -0.39 is 5.60 Å². The van der Waals surface area contributed by atoms with Crippen molar-refractivity contribution in [2.45, 2.75) is 52.9 Å². The van der Waals surface area contributed by atoms with E-state index in [9.17, 15) is 4.79 Å². The van der Waals surface area contributed by atoms with E-state index in [1.54, 1.807) is 4.90 Å². The Hall–Kier alpha value is -1.27. The lowest BCUT2D eigenvalue weighted by molar-refractivity contribution is 0.0139. The molecule has 0 unspecified atom stereocenters. The van der Waals surface area contributed by atoms with Crippen LogP contribution in [-0.2, 0) is 11.3 Å². The largest absolute Gasteiger partial charge is 0.490 e. The Balaban J connectivity index is 1.86. The Bertz CT molecular complexity index is 591. The molecule has 0 saturated carbocycles. The van der Waals surface area contributed by atoms with Gasteiger partial charge in [-0.1, -0.05) is 6.07 Å². The van der Waals surface area contributed by atoms with Crippen molar-refractivity contribution in [3.8, 4) is 5.75 Å². The van der Waals surface area contributed by atoms with Crippen molar-refractivity contribution >= 4 is 22.0 Å². The van der Waals surface area contributed by atoms with E-state index in [1.807, 2.05) is 40.7 Å². The summed E-state index contributed by atoms with van der Waals surface area (Å²) in [6.45, 7) is 13.7. The van der Waals surface area contributed by atoms with Gasteiger partial charge in [-0.3, -0.25) is 4.90 Å². The van der Waals surface area contributed by atoms with E-state index in [2.05, 4.69) is 33.0 Å². The van der Waals surface area contributed by atoms with Crippen LogP contribution in [0.25, 0.3) is 0 Å². The number of nitrogens with zero attached hydrogens (tertiary/aromatic N) is 2. The number of hydrogen-bond donors (Lipinski definition) is 0.